The number of ether oxygens (including phenoxy) is 1. The molecule has 0 saturated carbocycles. The molecule has 2 heterocycles. The molecular weight excluding hydrogens is 434 g/mol. The van der Waals surface area contributed by atoms with E-state index in [0.717, 1.165) is 38.9 Å². The number of esters is 1. The largest absolute Gasteiger partial charge is 0.463 e. The van der Waals surface area contributed by atoms with E-state index in [0.29, 0.717) is 6.61 Å². The van der Waals surface area contributed by atoms with Crippen molar-refractivity contribution in [3.8, 4) is 0 Å². The smallest absolute Gasteiger partial charge is 0.349 e. The van der Waals surface area contributed by atoms with Crippen LogP contribution in [0.2, 0.25) is 0 Å². The van der Waals surface area contributed by atoms with Crippen LogP contribution in [0, 0.1) is 0 Å². The fourth-order valence-electron chi connectivity index (χ4n) is 5.49. The van der Waals surface area contributed by atoms with Crippen LogP contribution in [0.1, 0.15) is 123 Å². The molecule has 1 fully saturated rings. The van der Waals surface area contributed by atoms with Gasteiger partial charge in [-0.2, -0.15) is 0 Å². The second-order valence-electron chi connectivity index (χ2n) is 10.5. The molecular formula is C30H55N3O2. The second-order valence-corrected chi connectivity index (χ2v) is 10.5. The summed E-state index contributed by atoms with van der Waals surface area (Å²) in [4.78, 5) is 22.5. The van der Waals surface area contributed by atoms with Crippen LogP contribution in [0.4, 0.5) is 0 Å². The predicted octanol–water partition coefficient (Wildman–Crippen LogP) is 7.16. The number of nitrogens with zero attached hydrogens (tertiary/aromatic N) is 3. The minimum absolute atomic E-state index is 0.148. The van der Waals surface area contributed by atoms with Crippen molar-refractivity contribution in [2.75, 3.05) is 39.3 Å². The van der Waals surface area contributed by atoms with Crippen molar-refractivity contribution in [3.05, 3.63) is 12.2 Å². The Bertz CT molecular complexity index is 600. The highest BCUT2D eigenvalue weighted by Gasteiger charge is 2.46. The molecule has 0 spiro atoms. The van der Waals surface area contributed by atoms with Crippen LogP contribution in [0.15, 0.2) is 17.1 Å². The molecule has 0 N–H and O–H groups in total. The summed E-state index contributed by atoms with van der Waals surface area (Å²) in [6.07, 6.45) is 28.0. The number of carbonyl (C=O) groups is 1. The van der Waals surface area contributed by atoms with Crippen LogP contribution in [0.3, 0.4) is 0 Å². The van der Waals surface area contributed by atoms with E-state index in [1.54, 1.807) is 0 Å². The molecule has 202 valence electrons. The molecule has 1 unspecified atom stereocenters. The van der Waals surface area contributed by atoms with E-state index in [-0.39, 0.29) is 5.97 Å². The minimum atomic E-state index is -0.777. The van der Waals surface area contributed by atoms with Crippen molar-refractivity contribution in [1.29, 1.82) is 0 Å². The molecule has 0 amide bonds. The summed E-state index contributed by atoms with van der Waals surface area (Å²) in [5, 5.41) is 0. The van der Waals surface area contributed by atoms with Crippen LogP contribution in [-0.2, 0) is 9.53 Å². The molecule has 35 heavy (non-hydrogen) atoms. The third-order valence-electron chi connectivity index (χ3n) is 7.62. The summed E-state index contributed by atoms with van der Waals surface area (Å²) in [7, 11) is 0. The van der Waals surface area contributed by atoms with Crippen molar-refractivity contribution in [2.45, 2.75) is 129 Å². The average Bonchev–Trinajstić information content (AvgIpc) is 3.52. The maximum atomic E-state index is 13.0. The van der Waals surface area contributed by atoms with E-state index in [1.165, 1.54) is 103 Å². The predicted molar refractivity (Wildman–Crippen MR) is 149 cm³/mol. The number of hydrogen-bond donors (Lipinski definition) is 0. The topological polar surface area (TPSA) is 45.1 Å². The Hall–Kier alpha value is -1.20. The monoisotopic (exact) mass is 489 g/mol. The Kier molecular flexibility index (Phi) is 16.3. The van der Waals surface area contributed by atoms with Gasteiger partial charge in [0.1, 0.15) is 0 Å². The number of aliphatic imine (C=N–C) groups is 1. The SMILES string of the molecule is CCCCCCCC/C=C\CCCCCCCC1(C(=O)OCC)N=CCN1CCCN1CCCC1. The lowest BCUT2D eigenvalue weighted by molar-refractivity contribution is -0.157. The van der Waals surface area contributed by atoms with Crippen LogP contribution in [0.25, 0.3) is 0 Å². The fraction of sp³-hybridized carbons (Fsp3) is 0.867. The zero-order valence-corrected chi connectivity index (χ0v) is 23.2. The van der Waals surface area contributed by atoms with Gasteiger partial charge in [0, 0.05) is 19.3 Å². The zero-order valence-electron chi connectivity index (χ0n) is 23.2. The zero-order chi connectivity index (χ0) is 25.0. The van der Waals surface area contributed by atoms with Gasteiger partial charge in [0.2, 0.25) is 5.66 Å². The van der Waals surface area contributed by atoms with E-state index >= 15 is 0 Å². The Morgan fingerprint density at radius 3 is 2.14 bits per heavy atom. The van der Waals surface area contributed by atoms with E-state index < -0.39 is 5.66 Å². The molecule has 5 nitrogen and oxygen atoms in total. The van der Waals surface area contributed by atoms with Gasteiger partial charge in [-0.25, -0.2) is 4.79 Å². The van der Waals surface area contributed by atoms with Crippen molar-refractivity contribution < 1.29 is 9.53 Å². The van der Waals surface area contributed by atoms with Gasteiger partial charge in [-0.05, 0) is 84.3 Å². The van der Waals surface area contributed by atoms with Gasteiger partial charge in [0.15, 0.2) is 0 Å². The molecule has 1 saturated heterocycles. The molecule has 2 rings (SSSR count). The third kappa shape index (κ3) is 11.6. The Balaban J connectivity index is 1.59. The Morgan fingerprint density at radius 2 is 1.49 bits per heavy atom. The Morgan fingerprint density at radius 1 is 0.857 bits per heavy atom. The molecule has 1 atom stereocenters. The number of rotatable bonds is 21. The standard InChI is InChI=1S/C30H55N3O2/c1-3-5-6-7-8-9-10-11-12-13-14-15-16-17-18-22-30(29(34)35-4-2)31-23-28-33(30)27-21-26-32-24-19-20-25-32/h11-12,23H,3-10,13-22,24-28H2,1-2H3/b12-11-. The molecule has 0 aliphatic carbocycles. The molecule has 2 aliphatic heterocycles. The lowest BCUT2D eigenvalue weighted by atomic mass is 9.99. The summed E-state index contributed by atoms with van der Waals surface area (Å²) in [6, 6.07) is 0. The number of likely N-dealkylation sites (tertiary alicyclic amines) is 1. The molecule has 5 heteroatoms. The van der Waals surface area contributed by atoms with E-state index in [1.807, 2.05) is 13.1 Å². The number of unbranched alkanes of at least 4 members (excludes halogenated alkanes) is 11. The van der Waals surface area contributed by atoms with E-state index in [9.17, 15) is 4.79 Å². The summed E-state index contributed by atoms with van der Waals surface area (Å²) < 4.78 is 5.50. The molecule has 0 aromatic rings. The highest BCUT2D eigenvalue weighted by Crippen LogP contribution is 2.30. The van der Waals surface area contributed by atoms with Gasteiger partial charge < -0.3 is 9.64 Å². The van der Waals surface area contributed by atoms with Crippen molar-refractivity contribution >= 4 is 12.2 Å². The highest BCUT2D eigenvalue weighted by molar-refractivity contribution is 5.85. The van der Waals surface area contributed by atoms with E-state index in [4.69, 9.17) is 9.73 Å². The second kappa shape index (κ2) is 19.0. The average molecular weight is 490 g/mol. The van der Waals surface area contributed by atoms with Crippen molar-refractivity contribution in [1.82, 2.24) is 9.80 Å². The third-order valence-corrected chi connectivity index (χ3v) is 7.62. The highest BCUT2D eigenvalue weighted by atomic mass is 16.5. The summed E-state index contributed by atoms with van der Waals surface area (Å²) in [6.45, 7) is 9.86. The van der Waals surface area contributed by atoms with Crippen LogP contribution >= 0.6 is 0 Å². The molecule has 2 aliphatic rings. The maximum absolute atomic E-state index is 13.0. The van der Waals surface area contributed by atoms with Gasteiger partial charge in [-0.1, -0.05) is 70.4 Å². The van der Waals surface area contributed by atoms with Gasteiger partial charge in [0.25, 0.3) is 0 Å². The van der Waals surface area contributed by atoms with E-state index in [2.05, 4.69) is 28.9 Å². The maximum Gasteiger partial charge on any atom is 0.349 e. The number of carbonyl (C=O) groups excluding carboxylic acids is 1. The first kappa shape index (κ1) is 30.0. The van der Waals surface area contributed by atoms with Crippen molar-refractivity contribution in [2.24, 2.45) is 4.99 Å². The molecule has 0 aromatic carbocycles. The minimum Gasteiger partial charge on any atom is -0.463 e. The number of hydrogen-bond acceptors (Lipinski definition) is 5. The van der Waals surface area contributed by atoms with Crippen LogP contribution in [0.5, 0.6) is 0 Å². The molecule has 0 radical (unpaired) electrons. The van der Waals surface area contributed by atoms with Gasteiger partial charge in [-0.3, -0.25) is 9.89 Å². The first-order chi connectivity index (χ1) is 17.2. The first-order valence-electron chi connectivity index (χ1n) is 15.1. The number of allylic oxidation sites excluding steroid dienone is 2. The molecule has 0 aromatic heterocycles. The lowest BCUT2D eigenvalue weighted by Crippen LogP contribution is -2.52. The van der Waals surface area contributed by atoms with Crippen molar-refractivity contribution in [3.63, 3.8) is 0 Å². The summed E-state index contributed by atoms with van der Waals surface area (Å²) in [5.41, 5.74) is -0.777. The van der Waals surface area contributed by atoms with Crippen LogP contribution in [-0.4, -0.2) is 67.0 Å². The molecule has 0 bridgehead atoms. The Labute approximate surface area is 216 Å². The van der Waals surface area contributed by atoms with Crippen LogP contribution < -0.4 is 0 Å². The fourth-order valence-corrected chi connectivity index (χ4v) is 5.49. The van der Waals surface area contributed by atoms with Gasteiger partial charge >= 0.3 is 5.97 Å². The summed E-state index contributed by atoms with van der Waals surface area (Å²) >= 11 is 0. The normalized spacial score (nSPS) is 21.0. The first-order valence-corrected chi connectivity index (χ1v) is 15.1. The van der Waals surface area contributed by atoms with Gasteiger partial charge in [0.05, 0.1) is 6.61 Å². The van der Waals surface area contributed by atoms with Gasteiger partial charge in [-0.15, -0.1) is 0 Å². The lowest BCUT2D eigenvalue weighted by Gasteiger charge is -2.34. The quantitative estimate of drug-likeness (QED) is 0.0975. The summed E-state index contributed by atoms with van der Waals surface area (Å²) in [5.74, 6) is -0.148.